The van der Waals surface area contributed by atoms with Crippen LogP contribution in [0.4, 0.5) is 4.39 Å². The summed E-state index contributed by atoms with van der Waals surface area (Å²) in [7, 11) is 0. The second-order valence-electron chi connectivity index (χ2n) is 5.29. The van der Waals surface area contributed by atoms with Crippen molar-refractivity contribution in [1.29, 1.82) is 0 Å². The summed E-state index contributed by atoms with van der Waals surface area (Å²) in [6.07, 6.45) is 3.78. The molecule has 1 unspecified atom stereocenters. The van der Waals surface area contributed by atoms with Gasteiger partial charge < -0.3 is 15.8 Å². The Morgan fingerprint density at radius 2 is 2.15 bits per heavy atom. The van der Waals surface area contributed by atoms with Gasteiger partial charge in [-0.1, -0.05) is 6.42 Å². The van der Waals surface area contributed by atoms with Gasteiger partial charge in [0.2, 0.25) is 0 Å². The van der Waals surface area contributed by atoms with Crippen LogP contribution in [0.3, 0.4) is 0 Å². The minimum atomic E-state index is -0.271. The Morgan fingerprint density at radius 3 is 2.75 bits per heavy atom. The Hall–Kier alpha value is -1.78. The SMILES string of the molecule is CC(CN=C(N)NCC1CCC1)Oc1ccc(F)cc1. The highest BCUT2D eigenvalue weighted by atomic mass is 19.1. The van der Waals surface area contributed by atoms with E-state index < -0.39 is 0 Å². The number of ether oxygens (including phenoxy) is 1. The zero-order valence-electron chi connectivity index (χ0n) is 11.8. The van der Waals surface area contributed by atoms with Gasteiger partial charge in [-0.3, -0.25) is 0 Å². The maximum Gasteiger partial charge on any atom is 0.188 e. The lowest BCUT2D eigenvalue weighted by atomic mass is 9.85. The Kier molecular flexibility index (Phi) is 5.21. The summed E-state index contributed by atoms with van der Waals surface area (Å²) in [5, 5.41) is 3.13. The number of halogens is 1. The molecule has 20 heavy (non-hydrogen) atoms. The lowest BCUT2D eigenvalue weighted by Crippen LogP contribution is -2.37. The normalized spacial score (nSPS) is 17.4. The van der Waals surface area contributed by atoms with Gasteiger partial charge >= 0.3 is 0 Å². The van der Waals surface area contributed by atoms with Crippen LogP contribution in [0, 0.1) is 11.7 Å². The molecule has 0 aliphatic heterocycles. The summed E-state index contributed by atoms with van der Waals surface area (Å²) in [4.78, 5) is 4.25. The van der Waals surface area contributed by atoms with Crippen LogP contribution in [0.15, 0.2) is 29.3 Å². The molecule has 0 radical (unpaired) electrons. The van der Waals surface area contributed by atoms with Crippen LogP contribution < -0.4 is 15.8 Å². The van der Waals surface area contributed by atoms with Crippen LogP contribution in [0.1, 0.15) is 26.2 Å². The largest absolute Gasteiger partial charge is 0.489 e. The van der Waals surface area contributed by atoms with Crippen LogP contribution >= 0.6 is 0 Å². The number of nitrogens with one attached hydrogen (secondary N) is 1. The minimum absolute atomic E-state index is 0.107. The molecule has 0 amide bonds. The van der Waals surface area contributed by atoms with E-state index in [1.165, 1.54) is 31.4 Å². The first kappa shape index (κ1) is 14.6. The van der Waals surface area contributed by atoms with Gasteiger partial charge in [-0.25, -0.2) is 9.38 Å². The van der Waals surface area contributed by atoms with Crippen LogP contribution in [-0.4, -0.2) is 25.2 Å². The monoisotopic (exact) mass is 279 g/mol. The lowest BCUT2D eigenvalue weighted by molar-refractivity contribution is 0.230. The zero-order chi connectivity index (χ0) is 14.4. The maximum atomic E-state index is 12.8. The fourth-order valence-electron chi connectivity index (χ4n) is 2.01. The van der Waals surface area contributed by atoms with E-state index in [0.29, 0.717) is 18.3 Å². The lowest BCUT2D eigenvalue weighted by Gasteiger charge is -2.25. The number of hydrogen-bond acceptors (Lipinski definition) is 2. The Morgan fingerprint density at radius 1 is 1.45 bits per heavy atom. The molecule has 1 aliphatic carbocycles. The Labute approximate surface area is 119 Å². The summed E-state index contributed by atoms with van der Waals surface area (Å²) in [5.74, 6) is 1.57. The first-order chi connectivity index (χ1) is 9.63. The van der Waals surface area contributed by atoms with Gasteiger partial charge in [-0.15, -0.1) is 0 Å². The third kappa shape index (κ3) is 4.72. The van der Waals surface area contributed by atoms with E-state index in [1.807, 2.05) is 6.92 Å². The molecular formula is C15H22FN3O. The fourth-order valence-corrected chi connectivity index (χ4v) is 2.01. The van der Waals surface area contributed by atoms with Crippen molar-refractivity contribution in [2.75, 3.05) is 13.1 Å². The second-order valence-corrected chi connectivity index (χ2v) is 5.29. The topological polar surface area (TPSA) is 59.6 Å². The predicted octanol–water partition coefficient (Wildman–Crippen LogP) is 2.30. The van der Waals surface area contributed by atoms with Crippen molar-refractivity contribution in [1.82, 2.24) is 5.32 Å². The van der Waals surface area contributed by atoms with Crippen molar-refractivity contribution in [3.8, 4) is 5.75 Å². The van der Waals surface area contributed by atoms with Gasteiger partial charge in [0.1, 0.15) is 17.7 Å². The molecule has 1 fully saturated rings. The molecule has 3 N–H and O–H groups in total. The molecule has 4 nitrogen and oxygen atoms in total. The van der Waals surface area contributed by atoms with Gasteiger partial charge in [-0.2, -0.15) is 0 Å². The van der Waals surface area contributed by atoms with Crippen molar-refractivity contribution >= 4 is 5.96 Å². The number of nitrogens with zero attached hydrogens (tertiary/aromatic N) is 1. The molecule has 0 spiro atoms. The molecule has 0 aromatic heterocycles. The zero-order valence-corrected chi connectivity index (χ0v) is 11.8. The number of hydrogen-bond donors (Lipinski definition) is 2. The number of aliphatic imine (C=N–C) groups is 1. The average molecular weight is 279 g/mol. The smallest absolute Gasteiger partial charge is 0.188 e. The molecule has 1 saturated carbocycles. The Bertz CT molecular complexity index is 443. The summed E-state index contributed by atoms with van der Waals surface area (Å²) < 4.78 is 18.4. The van der Waals surface area contributed by atoms with Gasteiger partial charge in [0, 0.05) is 6.54 Å². The Balaban J connectivity index is 1.69. The molecule has 110 valence electrons. The van der Waals surface area contributed by atoms with Crippen LogP contribution in [-0.2, 0) is 0 Å². The third-order valence-corrected chi connectivity index (χ3v) is 3.47. The van der Waals surface area contributed by atoms with Crippen LogP contribution in [0.25, 0.3) is 0 Å². The number of rotatable bonds is 6. The number of benzene rings is 1. The van der Waals surface area contributed by atoms with Gasteiger partial charge in [0.25, 0.3) is 0 Å². The van der Waals surface area contributed by atoms with Crippen molar-refractivity contribution < 1.29 is 9.13 Å². The minimum Gasteiger partial charge on any atom is -0.489 e. The van der Waals surface area contributed by atoms with Crippen molar-refractivity contribution in [2.45, 2.75) is 32.3 Å². The molecule has 0 heterocycles. The quantitative estimate of drug-likeness (QED) is 0.620. The first-order valence-electron chi connectivity index (χ1n) is 7.09. The second kappa shape index (κ2) is 7.12. The van der Waals surface area contributed by atoms with Gasteiger partial charge in [-0.05, 0) is 49.9 Å². The third-order valence-electron chi connectivity index (χ3n) is 3.47. The average Bonchev–Trinajstić information content (AvgIpc) is 2.37. The molecule has 2 rings (SSSR count). The van der Waals surface area contributed by atoms with E-state index in [2.05, 4.69) is 10.3 Å². The molecule has 0 bridgehead atoms. The van der Waals surface area contributed by atoms with Crippen molar-refractivity contribution in [3.63, 3.8) is 0 Å². The highest BCUT2D eigenvalue weighted by Crippen LogP contribution is 2.24. The maximum absolute atomic E-state index is 12.8. The van der Waals surface area contributed by atoms with Crippen molar-refractivity contribution in [2.24, 2.45) is 16.6 Å². The first-order valence-corrected chi connectivity index (χ1v) is 7.09. The van der Waals surface area contributed by atoms with E-state index in [-0.39, 0.29) is 11.9 Å². The highest BCUT2D eigenvalue weighted by molar-refractivity contribution is 5.77. The fraction of sp³-hybridized carbons (Fsp3) is 0.533. The number of guanidine groups is 1. The standard InChI is InChI=1S/C15H22FN3O/c1-11(20-14-7-5-13(16)6-8-14)9-18-15(17)19-10-12-3-2-4-12/h5-8,11-12H,2-4,9-10H2,1H3,(H3,17,18,19). The van der Waals surface area contributed by atoms with E-state index in [1.54, 1.807) is 12.1 Å². The summed E-state index contributed by atoms with van der Waals surface area (Å²) in [5.41, 5.74) is 5.80. The summed E-state index contributed by atoms with van der Waals surface area (Å²) >= 11 is 0. The van der Waals surface area contributed by atoms with Crippen LogP contribution in [0.5, 0.6) is 5.75 Å². The molecular weight excluding hydrogens is 257 g/mol. The van der Waals surface area contributed by atoms with E-state index >= 15 is 0 Å². The van der Waals surface area contributed by atoms with E-state index in [0.717, 1.165) is 12.5 Å². The summed E-state index contributed by atoms with van der Waals surface area (Å²) in [6.45, 7) is 3.29. The van der Waals surface area contributed by atoms with Crippen molar-refractivity contribution in [3.05, 3.63) is 30.1 Å². The van der Waals surface area contributed by atoms with Gasteiger partial charge in [0.05, 0.1) is 6.54 Å². The molecule has 1 atom stereocenters. The van der Waals surface area contributed by atoms with Crippen LogP contribution in [0.2, 0.25) is 0 Å². The molecule has 5 heteroatoms. The highest BCUT2D eigenvalue weighted by Gasteiger charge is 2.16. The predicted molar refractivity (Wildman–Crippen MR) is 78.3 cm³/mol. The van der Waals surface area contributed by atoms with E-state index in [4.69, 9.17) is 10.5 Å². The molecule has 1 aromatic rings. The van der Waals surface area contributed by atoms with E-state index in [9.17, 15) is 4.39 Å². The number of nitrogens with two attached hydrogens (primary N) is 1. The summed E-state index contributed by atoms with van der Waals surface area (Å²) in [6, 6.07) is 5.96. The van der Waals surface area contributed by atoms with Gasteiger partial charge in [0.15, 0.2) is 5.96 Å². The molecule has 1 aromatic carbocycles. The molecule has 0 saturated heterocycles. The molecule has 1 aliphatic rings.